The summed E-state index contributed by atoms with van der Waals surface area (Å²) < 4.78 is 71.3. The van der Waals surface area contributed by atoms with E-state index in [9.17, 15) is 21.6 Å². The maximum Gasteiger partial charge on any atom is 0.420 e. The molecule has 0 aliphatic carbocycles. The van der Waals surface area contributed by atoms with Crippen molar-refractivity contribution in [2.24, 2.45) is 5.92 Å². The summed E-state index contributed by atoms with van der Waals surface area (Å²) in [4.78, 5) is 4.50. The fourth-order valence-corrected chi connectivity index (χ4v) is 3.55. The largest absolute Gasteiger partial charge is 0.420 e. The third-order valence-electron chi connectivity index (χ3n) is 3.78. The first-order valence-electron chi connectivity index (χ1n) is 7.62. The first-order chi connectivity index (χ1) is 11.6. The monoisotopic (exact) mass is 383 g/mol. The molecule has 25 heavy (non-hydrogen) atoms. The van der Waals surface area contributed by atoms with Crippen molar-refractivity contribution in [1.82, 2.24) is 9.71 Å². The summed E-state index contributed by atoms with van der Waals surface area (Å²) in [6.45, 7) is 0.607. The third-order valence-corrected chi connectivity index (χ3v) is 5.21. The molecule has 2 N–H and O–H groups in total. The Morgan fingerprint density at radius 1 is 1.48 bits per heavy atom. The Morgan fingerprint density at radius 2 is 2.20 bits per heavy atom. The number of alkyl halides is 3. The van der Waals surface area contributed by atoms with E-state index in [1.165, 1.54) is 11.9 Å². The van der Waals surface area contributed by atoms with Gasteiger partial charge in [-0.3, -0.25) is 0 Å². The number of nitrogens with one attached hydrogen (secondary N) is 1. The van der Waals surface area contributed by atoms with Crippen molar-refractivity contribution in [1.29, 1.82) is 0 Å². The van der Waals surface area contributed by atoms with Crippen molar-refractivity contribution >= 4 is 15.8 Å². The number of halogens is 3. The summed E-state index contributed by atoms with van der Waals surface area (Å²) in [5, 5.41) is 8.67. The first-order valence-corrected chi connectivity index (χ1v) is 9.10. The molecule has 1 aliphatic rings. The molecule has 2 heterocycles. The van der Waals surface area contributed by atoms with Gasteiger partial charge in [0.25, 0.3) is 0 Å². The minimum absolute atomic E-state index is 0.0995. The van der Waals surface area contributed by atoms with Gasteiger partial charge >= 0.3 is 6.18 Å². The van der Waals surface area contributed by atoms with E-state index in [0.717, 1.165) is 12.6 Å². The average Bonchev–Trinajstić information content (AvgIpc) is 3.04. The Labute approximate surface area is 143 Å². The molecule has 1 atom stereocenters. The Hall–Kier alpha value is -1.43. The van der Waals surface area contributed by atoms with E-state index in [4.69, 9.17) is 9.84 Å². The Kier molecular flexibility index (Phi) is 6.25. The van der Waals surface area contributed by atoms with Gasteiger partial charge in [-0.1, -0.05) is 0 Å². The summed E-state index contributed by atoms with van der Waals surface area (Å²) in [5.74, 6) is -0.233. The van der Waals surface area contributed by atoms with E-state index in [1.807, 2.05) is 4.72 Å². The second-order valence-corrected chi connectivity index (χ2v) is 7.54. The highest BCUT2D eigenvalue weighted by Gasteiger charge is 2.37. The van der Waals surface area contributed by atoms with Crippen LogP contribution in [0.1, 0.15) is 12.0 Å². The number of nitrogens with zero attached hydrogens (tertiary/aromatic N) is 2. The van der Waals surface area contributed by atoms with Gasteiger partial charge in [-0.15, -0.1) is 0 Å². The molecule has 1 unspecified atom stereocenters. The zero-order valence-electron chi connectivity index (χ0n) is 13.6. The zero-order valence-corrected chi connectivity index (χ0v) is 14.4. The van der Waals surface area contributed by atoms with E-state index in [-0.39, 0.29) is 18.3 Å². The number of hydrogen-bond acceptors (Lipinski definition) is 6. The Morgan fingerprint density at radius 3 is 2.76 bits per heavy atom. The quantitative estimate of drug-likeness (QED) is 0.725. The van der Waals surface area contributed by atoms with Crippen LogP contribution in [0.4, 0.5) is 19.0 Å². The molecule has 0 spiro atoms. The molecule has 0 saturated carbocycles. The molecule has 0 bridgehead atoms. The van der Waals surface area contributed by atoms with Crippen LogP contribution in [-0.2, 0) is 20.9 Å². The highest BCUT2D eigenvalue weighted by atomic mass is 32.2. The lowest BCUT2D eigenvalue weighted by molar-refractivity contribution is -0.137. The minimum Gasteiger partial charge on any atom is -0.395 e. The molecule has 1 aliphatic heterocycles. The summed E-state index contributed by atoms with van der Waals surface area (Å²) >= 11 is 0. The van der Waals surface area contributed by atoms with Crippen LogP contribution in [0.25, 0.3) is 0 Å². The number of aliphatic hydroxyl groups excluding tert-OH is 1. The van der Waals surface area contributed by atoms with Crippen LogP contribution >= 0.6 is 0 Å². The van der Waals surface area contributed by atoms with Gasteiger partial charge in [0.05, 0.1) is 18.8 Å². The maximum atomic E-state index is 13.4. The summed E-state index contributed by atoms with van der Waals surface area (Å²) in [6.07, 6.45) is -3.12. The summed E-state index contributed by atoms with van der Waals surface area (Å²) in [7, 11) is -2.70. The van der Waals surface area contributed by atoms with Crippen molar-refractivity contribution in [2.75, 3.05) is 44.9 Å². The van der Waals surface area contributed by atoms with Crippen molar-refractivity contribution < 1.29 is 31.4 Å². The minimum atomic E-state index is -4.76. The molecular weight excluding hydrogens is 363 g/mol. The van der Waals surface area contributed by atoms with Gasteiger partial charge in [-0.25, -0.2) is 18.1 Å². The first kappa shape index (κ1) is 19.9. The highest BCUT2D eigenvalue weighted by molar-refractivity contribution is 7.89. The van der Waals surface area contributed by atoms with Crippen molar-refractivity contribution in [3.63, 3.8) is 0 Å². The van der Waals surface area contributed by atoms with E-state index in [1.54, 1.807) is 0 Å². The van der Waals surface area contributed by atoms with Gasteiger partial charge in [0.1, 0.15) is 10.7 Å². The molecule has 0 amide bonds. The summed E-state index contributed by atoms with van der Waals surface area (Å²) in [6, 6.07) is 0.559. The zero-order chi connectivity index (χ0) is 18.7. The maximum absolute atomic E-state index is 13.4. The normalized spacial score (nSPS) is 18.5. The fourth-order valence-electron chi connectivity index (χ4n) is 2.56. The fraction of sp³-hybridized carbons (Fsp3) is 0.643. The number of pyridine rings is 1. The van der Waals surface area contributed by atoms with Crippen LogP contribution in [0.2, 0.25) is 0 Å². The second kappa shape index (κ2) is 7.85. The van der Waals surface area contributed by atoms with Crippen LogP contribution in [0.3, 0.4) is 0 Å². The van der Waals surface area contributed by atoms with E-state index in [0.29, 0.717) is 25.8 Å². The lowest BCUT2D eigenvalue weighted by atomic mass is 10.1. The number of sulfonamides is 1. The molecule has 142 valence electrons. The van der Waals surface area contributed by atoms with E-state index < -0.39 is 33.3 Å². The number of rotatable bonds is 7. The molecule has 1 saturated heterocycles. The van der Waals surface area contributed by atoms with Crippen LogP contribution in [0, 0.1) is 5.92 Å². The number of aromatic nitrogens is 1. The van der Waals surface area contributed by atoms with Crippen LogP contribution in [0.5, 0.6) is 0 Å². The lowest BCUT2D eigenvalue weighted by Crippen LogP contribution is -2.30. The molecule has 1 aromatic heterocycles. The van der Waals surface area contributed by atoms with Gasteiger partial charge in [0.2, 0.25) is 10.0 Å². The van der Waals surface area contributed by atoms with Gasteiger partial charge < -0.3 is 14.7 Å². The smallest absolute Gasteiger partial charge is 0.395 e. The lowest BCUT2D eigenvalue weighted by Gasteiger charge is -2.25. The van der Waals surface area contributed by atoms with Crippen LogP contribution < -0.4 is 9.62 Å². The molecule has 11 heteroatoms. The average molecular weight is 383 g/mol. The Balaban J connectivity index is 2.34. The van der Waals surface area contributed by atoms with Gasteiger partial charge in [0, 0.05) is 38.9 Å². The molecule has 0 aromatic carbocycles. The molecule has 1 fully saturated rings. The van der Waals surface area contributed by atoms with Crippen molar-refractivity contribution in [3.8, 4) is 0 Å². The van der Waals surface area contributed by atoms with Crippen molar-refractivity contribution in [2.45, 2.75) is 17.5 Å². The number of hydrogen-bond donors (Lipinski definition) is 2. The second-order valence-electron chi connectivity index (χ2n) is 5.77. The third kappa shape index (κ3) is 5.03. The Bertz CT molecular complexity index is 691. The number of anilines is 1. The molecule has 7 nitrogen and oxygen atoms in total. The predicted octanol–water partition coefficient (Wildman–Crippen LogP) is 0.844. The highest BCUT2D eigenvalue weighted by Crippen LogP contribution is 2.36. The SMILES string of the molecule is CN(CC1CCOC1)c1ncc(S(=O)(=O)NCCO)cc1C(F)(F)F. The molecular formula is C14H20F3N3O4S. The van der Waals surface area contributed by atoms with E-state index in [2.05, 4.69) is 4.98 Å². The van der Waals surface area contributed by atoms with Crippen molar-refractivity contribution in [3.05, 3.63) is 17.8 Å². The van der Waals surface area contributed by atoms with Crippen LogP contribution in [0.15, 0.2) is 17.2 Å². The van der Waals surface area contributed by atoms with Gasteiger partial charge in [0.15, 0.2) is 0 Å². The van der Waals surface area contributed by atoms with Gasteiger partial charge in [-0.05, 0) is 12.5 Å². The molecule has 0 radical (unpaired) electrons. The number of ether oxygens (including phenoxy) is 1. The van der Waals surface area contributed by atoms with Crippen LogP contribution in [-0.4, -0.2) is 58.5 Å². The molecule has 1 aromatic rings. The van der Waals surface area contributed by atoms with Gasteiger partial charge in [-0.2, -0.15) is 13.2 Å². The summed E-state index contributed by atoms with van der Waals surface area (Å²) in [5.41, 5.74) is -1.12. The predicted molar refractivity (Wildman–Crippen MR) is 83.7 cm³/mol. The van der Waals surface area contributed by atoms with E-state index >= 15 is 0 Å². The standard InChI is InChI=1S/C14H20F3N3O4S/c1-20(8-10-2-5-24-9-10)13-12(14(15,16)17)6-11(7-18-13)25(22,23)19-3-4-21/h6-7,10,19,21H,2-5,8-9H2,1H3. The topological polar surface area (TPSA) is 91.8 Å². The molecule has 2 rings (SSSR count). The number of aliphatic hydroxyl groups is 1.